The lowest BCUT2D eigenvalue weighted by Crippen LogP contribution is -2.17. The van der Waals surface area contributed by atoms with E-state index in [1.165, 1.54) is 10.6 Å². The first kappa shape index (κ1) is 13.1. The zero-order valence-corrected chi connectivity index (χ0v) is 11.4. The molecule has 0 spiro atoms. The third kappa shape index (κ3) is 2.19. The van der Waals surface area contributed by atoms with Gasteiger partial charge in [0.25, 0.3) is 11.2 Å². The van der Waals surface area contributed by atoms with Gasteiger partial charge in [0.05, 0.1) is 19.2 Å². The van der Waals surface area contributed by atoms with E-state index in [1.807, 2.05) is 27.7 Å². The molecule has 2 heterocycles. The maximum Gasteiger partial charge on any atom is 0.275 e. The van der Waals surface area contributed by atoms with Crippen LogP contribution in [0, 0.1) is 6.57 Å². The second-order valence-corrected chi connectivity index (χ2v) is 5.22. The van der Waals surface area contributed by atoms with E-state index in [0.717, 1.165) is 0 Å². The Morgan fingerprint density at radius 2 is 2.21 bits per heavy atom. The molecule has 0 aliphatic heterocycles. The molecule has 0 radical (unpaired) electrons. The zero-order chi connectivity index (χ0) is 14.2. The Balaban J connectivity index is 2.82. The largest absolute Gasteiger partial charge is 0.478 e. The fourth-order valence-corrected chi connectivity index (χ4v) is 1.86. The third-order valence-electron chi connectivity index (χ3n) is 2.72. The monoisotopic (exact) mass is 260 g/mol. The van der Waals surface area contributed by atoms with Gasteiger partial charge in [-0.15, -0.1) is 0 Å². The first-order valence-corrected chi connectivity index (χ1v) is 6.05. The van der Waals surface area contributed by atoms with Crippen LogP contribution >= 0.6 is 0 Å². The summed E-state index contributed by atoms with van der Waals surface area (Å²) in [5.41, 5.74) is 0.822. The van der Waals surface area contributed by atoms with Crippen molar-refractivity contribution in [2.24, 2.45) is 0 Å². The molecule has 0 fully saturated rings. The van der Waals surface area contributed by atoms with Gasteiger partial charge in [-0.2, -0.15) is 0 Å². The van der Waals surface area contributed by atoms with E-state index in [2.05, 4.69) is 14.9 Å². The number of ether oxygens (including phenoxy) is 1. The fraction of sp³-hybridized carbons (Fsp3) is 0.462. The molecule has 0 atom stereocenters. The Bertz CT molecular complexity index is 713. The molecule has 6 nitrogen and oxygen atoms in total. The molecule has 0 aromatic carbocycles. The summed E-state index contributed by atoms with van der Waals surface area (Å²) < 4.78 is 6.54. The molecule has 0 bridgehead atoms. The predicted octanol–water partition coefficient (Wildman–Crippen LogP) is 2.27. The molecule has 2 aromatic rings. The third-order valence-corrected chi connectivity index (χ3v) is 2.72. The summed E-state index contributed by atoms with van der Waals surface area (Å²) in [6.07, 6.45) is 0. The van der Waals surface area contributed by atoms with E-state index < -0.39 is 0 Å². The van der Waals surface area contributed by atoms with E-state index in [1.54, 1.807) is 0 Å². The lowest BCUT2D eigenvalue weighted by atomic mass is 9.91. The van der Waals surface area contributed by atoms with Crippen LogP contribution in [0.25, 0.3) is 10.5 Å². The second-order valence-electron chi connectivity index (χ2n) is 5.22. The van der Waals surface area contributed by atoms with Crippen molar-refractivity contribution in [1.82, 2.24) is 14.6 Å². The minimum absolute atomic E-state index is 0.247. The number of H-pyrrole nitrogens is 1. The van der Waals surface area contributed by atoms with Crippen molar-refractivity contribution in [3.05, 3.63) is 33.5 Å². The Morgan fingerprint density at radius 3 is 2.74 bits per heavy atom. The highest BCUT2D eigenvalue weighted by molar-refractivity contribution is 5.73. The number of nitrogens with one attached hydrogen (secondary N) is 1. The van der Waals surface area contributed by atoms with Crippen LogP contribution < -0.4 is 10.3 Å². The zero-order valence-electron chi connectivity index (χ0n) is 11.4. The molecular formula is C13H16N4O2. The highest BCUT2D eigenvalue weighted by atomic mass is 16.5. The summed E-state index contributed by atoms with van der Waals surface area (Å²) in [6.45, 7) is 15.5. The van der Waals surface area contributed by atoms with Crippen molar-refractivity contribution in [3.8, 4) is 5.88 Å². The summed E-state index contributed by atoms with van der Waals surface area (Å²) in [7, 11) is 0. The molecule has 6 heteroatoms. The van der Waals surface area contributed by atoms with Gasteiger partial charge in [-0.25, -0.2) is 14.3 Å². The van der Waals surface area contributed by atoms with Crippen LogP contribution in [0.3, 0.4) is 0 Å². The Kier molecular flexibility index (Phi) is 3.06. The number of rotatable bonds is 2. The second kappa shape index (κ2) is 4.43. The van der Waals surface area contributed by atoms with Gasteiger partial charge in [0.15, 0.2) is 5.65 Å². The summed E-state index contributed by atoms with van der Waals surface area (Å²) in [5, 5.41) is 2.97. The maximum atomic E-state index is 12.0. The topological polar surface area (TPSA) is 63.8 Å². The van der Waals surface area contributed by atoms with Gasteiger partial charge in [-0.05, 0) is 12.3 Å². The first-order valence-electron chi connectivity index (χ1n) is 6.05. The van der Waals surface area contributed by atoms with E-state index in [-0.39, 0.29) is 16.9 Å². The normalized spacial score (nSPS) is 11.5. The van der Waals surface area contributed by atoms with Crippen molar-refractivity contribution >= 4 is 11.3 Å². The molecule has 0 saturated heterocycles. The van der Waals surface area contributed by atoms with Crippen LogP contribution in [0.15, 0.2) is 10.9 Å². The summed E-state index contributed by atoms with van der Waals surface area (Å²) >= 11 is 0. The predicted molar refractivity (Wildman–Crippen MR) is 71.9 cm³/mol. The fourth-order valence-electron chi connectivity index (χ4n) is 1.86. The van der Waals surface area contributed by atoms with Gasteiger partial charge in [-0.3, -0.25) is 4.79 Å². The molecule has 2 rings (SSSR count). The molecule has 0 saturated carbocycles. The summed E-state index contributed by atoms with van der Waals surface area (Å²) in [6, 6.07) is 1.31. The quantitative estimate of drug-likeness (QED) is 0.842. The number of aromatic amines is 1. The summed E-state index contributed by atoms with van der Waals surface area (Å²) in [4.78, 5) is 19.7. The first-order chi connectivity index (χ1) is 8.88. The number of fused-ring (bicyclic) bond motifs is 1. The molecule has 0 amide bonds. The van der Waals surface area contributed by atoms with Gasteiger partial charge in [-0.1, -0.05) is 20.8 Å². The molecular weight excluding hydrogens is 244 g/mol. The average molecular weight is 260 g/mol. The van der Waals surface area contributed by atoms with Gasteiger partial charge in [0.2, 0.25) is 5.88 Å². The number of hydrogen-bond donors (Lipinski definition) is 1. The van der Waals surface area contributed by atoms with Crippen molar-refractivity contribution in [2.45, 2.75) is 33.1 Å². The lowest BCUT2D eigenvalue weighted by molar-refractivity contribution is 0.326. The van der Waals surface area contributed by atoms with E-state index >= 15 is 0 Å². The average Bonchev–Trinajstić information content (AvgIpc) is 2.68. The molecule has 0 unspecified atom stereocenters. The molecule has 1 N–H and O–H groups in total. The maximum absolute atomic E-state index is 12.0. The highest BCUT2D eigenvalue weighted by Crippen LogP contribution is 2.33. The number of hydrogen-bond acceptors (Lipinski definition) is 3. The van der Waals surface area contributed by atoms with E-state index in [4.69, 9.17) is 11.3 Å². The van der Waals surface area contributed by atoms with Crippen molar-refractivity contribution in [2.75, 3.05) is 6.61 Å². The van der Waals surface area contributed by atoms with Crippen LogP contribution in [0.4, 0.5) is 5.69 Å². The van der Waals surface area contributed by atoms with Gasteiger partial charge >= 0.3 is 0 Å². The Morgan fingerprint density at radius 1 is 1.53 bits per heavy atom. The van der Waals surface area contributed by atoms with Gasteiger partial charge < -0.3 is 9.84 Å². The molecule has 19 heavy (non-hydrogen) atoms. The molecule has 2 aromatic heterocycles. The van der Waals surface area contributed by atoms with Crippen LogP contribution in [0.1, 0.15) is 33.4 Å². The van der Waals surface area contributed by atoms with E-state index in [9.17, 15) is 4.79 Å². The Labute approximate surface area is 110 Å². The van der Waals surface area contributed by atoms with Gasteiger partial charge in [0, 0.05) is 5.69 Å². The molecule has 0 aliphatic carbocycles. The van der Waals surface area contributed by atoms with Crippen LogP contribution in [0.5, 0.6) is 5.88 Å². The van der Waals surface area contributed by atoms with Gasteiger partial charge in [0.1, 0.15) is 0 Å². The van der Waals surface area contributed by atoms with Crippen molar-refractivity contribution in [3.63, 3.8) is 0 Å². The van der Waals surface area contributed by atoms with Crippen LogP contribution in [-0.2, 0) is 5.41 Å². The van der Waals surface area contributed by atoms with Crippen molar-refractivity contribution in [1.29, 1.82) is 0 Å². The molecule has 0 aliphatic rings. The Hall–Kier alpha value is -2.29. The van der Waals surface area contributed by atoms with Crippen molar-refractivity contribution < 1.29 is 4.74 Å². The standard InChI is InChI=1S/C13H16N4O2/c1-6-19-8-7-9(18)17-12(15-8)10(14-5)11(16-17)13(2,3)4/h7,16H,6H2,1-4H3. The minimum Gasteiger partial charge on any atom is -0.478 e. The van der Waals surface area contributed by atoms with E-state index in [0.29, 0.717) is 23.6 Å². The van der Waals surface area contributed by atoms with Crippen LogP contribution in [-0.4, -0.2) is 21.2 Å². The SMILES string of the molecule is [C-]#[N+]c1c(C(C)(C)C)[nH]n2c(=O)cc(OCC)nc12. The highest BCUT2D eigenvalue weighted by Gasteiger charge is 2.24. The van der Waals surface area contributed by atoms with Crippen LogP contribution in [0.2, 0.25) is 0 Å². The molecule has 100 valence electrons. The smallest absolute Gasteiger partial charge is 0.275 e. The lowest BCUT2D eigenvalue weighted by Gasteiger charge is -2.16. The number of nitrogens with zero attached hydrogens (tertiary/aromatic N) is 3. The number of aromatic nitrogens is 3. The summed E-state index contributed by atoms with van der Waals surface area (Å²) in [5.74, 6) is 0.247. The minimum atomic E-state index is -0.283.